The first-order chi connectivity index (χ1) is 7.18. The van der Waals surface area contributed by atoms with Gasteiger partial charge in [-0.25, -0.2) is 0 Å². The van der Waals surface area contributed by atoms with Crippen LogP contribution >= 0.6 is 0 Å². The Bertz CT molecular complexity index is 197. The lowest BCUT2D eigenvalue weighted by atomic mass is 9.73. The van der Waals surface area contributed by atoms with Crippen LogP contribution in [0.2, 0.25) is 0 Å². The predicted molar refractivity (Wildman–Crippen MR) is 64.8 cm³/mol. The average Bonchev–Trinajstić information content (AvgIpc) is 2.18. The number of hydrogen-bond acceptors (Lipinski definition) is 2. The summed E-state index contributed by atoms with van der Waals surface area (Å²) in [5, 5.41) is 0. The van der Waals surface area contributed by atoms with Crippen LogP contribution in [0.15, 0.2) is 0 Å². The molecule has 0 saturated heterocycles. The quantitative estimate of drug-likeness (QED) is 0.775. The number of rotatable bonds is 3. The molecular formula is C13H26N2. The van der Waals surface area contributed by atoms with Crippen molar-refractivity contribution in [3.63, 3.8) is 0 Å². The number of nitrogens with zero attached hydrogens (tertiary/aromatic N) is 1. The molecule has 2 N–H and O–H groups in total. The second kappa shape index (κ2) is 4.42. The Morgan fingerprint density at radius 3 is 2.20 bits per heavy atom. The van der Waals surface area contributed by atoms with Crippen LogP contribution in [-0.4, -0.2) is 30.1 Å². The van der Waals surface area contributed by atoms with Gasteiger partial charge < -0.3 is 5.73 Å². The Morgan fingerprint density at radius 2 is 1.80 bits per heavy atom. The van der Waals surface area contributed by atoms with Gasteiger partial charge in [-0.3, -0.25) is 4.90 Å². The molecule has 0 radical (unpaired) electrons. The van der Waals surface area contributed by atoms with Crippen molar-refractivity contribution < 1.29 is 0 Å². The van der Waals surface area contributed by atoms with Crippen molar-refractivity contribution in [2.75, 3.05) is 13.6 Å². The summed E-state index contributed by atoms with van der Waals surface area (Å²) in [6.07, 6.45) is 9.63. The van der Waals surface area contributed by atoms with Crippen molar-refractivity contribution >= 4 is 0 Å². The zero-order valence-electron chi connectivity index (χ0n) is 10.3. The van der Waals surface area contributed by atoms with Crippen LogP contribution < -0.4 is 5.73 Å². The molecular weight excluding hydrogens is 184 g/mol. The van der Waals surface area contributed by atoms with Crippen LogP contribution in [0.4, 0.5) is 0 Å². The van der Waals surface area contributed by atoms with Crippen LogP contribution in [-0.2, 0) is 0 Å². The summed E-state index contributed by atoms with van der Waals surface area (Å²) in [6, 6.07) is 0.810. The van der Waals surface area contributed by atoms with E-state index < -0.39 is 0 Å². The minimum Gasteiger partial charge on any atom is -0.329 e. The second-order valence-corrected chi connectivity index (χ2v) is 5.81. The van der Waals surface area contributed by atoms with Crippen LogP contribution in [0.5, 0.6) is 0 Å². The zero-order valence-corrected chi connectivity index (χ0v) is 10.3. The van der Waals surface area contributed by atoms with Gasteiger partial charge in [-0.15, -0.1) is 0 Å². The molecule has 2 aliphatic carbocycles. The fourth-order valence-corrected chi connectivity index (χ4v) is 3.30. The molecule has 2 rings (SSSR count). The fourth-order valence-electron chi connectivity index (χ4n) is 3.30. The molecule has 0 bridgehead atoms. The molecule has 0 amide bonds. The first kappa shape index (κ1) is 11.4. The third kappa shape index (κ3) is 2.07. The standard InChI is InChI=1S/C13H26N2/c1-11-4-6-12(7-5-11)15(2)13(10-14)8-3-9-13/h11-12H,3-10,14H2,1-2H3. The Hall–Kier alpha value is -0.0800. The van der Waals surface area contributed by atoms with E-state index in [0.717, 1.165) is 18.5 Å². The van der Waals surface area contributed by atoms with Crippen molar-refractivity contribution in [3.8, 4) is 0 Å². The predicted octanol–water partition coefficient (Wildman–Crippen LogP) is 2.38. The minimum absolute atomic E-state index is 0.380. The molecule has 2 heteroatoms. The van der Waals surface area contributed by atoms with E-state index in [9.17, 15) is 0 Å². The van der Waals surface area contributed by atoms with Crippen molar-refractivity contribution in [3.05, 3.63) is 0 Å². The maximum Gasteiger partial charge on any atom is 0.0331 e. The normalized spacial score (nSPS) is 35.2. The van der Waals surface area contributed by atoms with E-state index in [1.54, 1.807) is 0 Å². The van der Waals surface area contributed by atoms with E-state index in [0.29, 0.717) is 5.54 Å². The summed E-state index contributed by atoms with van der Waals surface area (Å²) in [5.74, 6) is 0.949. The van der Waals surface area contributed by atoms with Gasteiger partial charge in [-0.2, -0.15) is 0 Å². The SMILES string of the molecule is CC1CCC(N(C)C2(CN)CCC2)CC1. The number of nitrogens with two attached hydrogens (primary N) is 1. The van der Waals surface area contributed by atoms with E-state index in [1.807, 2.05) is 0 Å². The Balaban J connectivity index is 1.92. The molecule has 0 unspecified atom stereocenters. The maximum absolute atomic E-state index is 5.96. The van der Waals surface area contributed by atoms with Gasteiger partial charge in [0.1, 0.15) is 0 Å². The van der Waals surface area contributed by atoms with Gasteiger partial charge in [0.25, 0.3) is 0 Å². The minimum atomic E-state index is 0.380. The van der Waals surface area contributed by atoms with Crippen molar-refractivity contribution in [2.45, 2.75) is 63.5 Å². The molecule has 2 fully saturated rings. The van der Waals surface area contributed by atoms with Gasteiger partial charge in [-0.05, 0) is 57.9 Å². The lowest BCUT2D eigenvalue weighted by Crippen LogP contribution is -2.60. The summed E-state index contributed by atoms with van der Waals surface area (Å²) in [7, 11) is 2.31. The topological polar surface area (TPSA) is 29.3 Å². The third-order valence-electron chi connectivity index (χ3n) is 4.95. The Morgan fingerprint density at radius 1 is 1.20 bits per heavy atom. The Kier molecular flexibility index (Phi) is 3.36. The molecule has 88 valence electrons. The van der Waals surface area contributed by atoms with Crippen LogP contribution in [0.25, 0.3) is 0 Å². The maximum atomic E-state index is 5.96. The van der Waals surface area contributed by atoms with Gasteiger partial charge in [0.2, 0.25) is 0 Å². The van der Waals surface area contributed by atoms with Crippen LogP contribution in [0.3, 0.4) is 0 Å². The summed E-state index contributed by atoms with van der Waals surface area (Å²) in [6.45, 7) is 3.24. The van der Waals surface area contributed by atoms with E-state index in [-0.39, 0.29) is 0 Å². The number of likely N-dealkylation sites (N-methyl/N-ethyl adjacent to an activating group) is 1. The molecule has 0 aromatic rings. The zero-order chi connectivity index (χ0) is 10.9. The van der Waals surface area contributed by atoms with Crippen molar-refractivity contribution in [1.29, 1.82) is 0 Å². The monoisotopic (exact) mass is 210 g/mol. The van der Waals surface area contributed by atoms with Gasteiger partial charge in [0.15, 0.2) is 0 Å². The Labute approximate surface area is 94.2 Å². The van der Waals surface area contributed by atoms with E-state index >= 15 is 0 Å². The molecule has 0 aliphatic heterocycles. The molecule has 0 aromatic carbocycles. The molecule has 2 nitrogen and oxygen atoms in total. The first-order valence-corrected chi connectivity index (χ1v) is 6.61. The highest BCUT2D eigenvalue weighted by Gasteiger charge is 2.42. The third-order valence-corrected chi connectivity index (χ3v) is 4.95. The summed E-state index contributed by atoms with van der Waals surface area (Å²) in [5.41, 5.74) is 6.34. The van der Waals surface area contributed by atoms with E-state index in [2.05, 4.69) is 18.9 Å². The lowest BCUT2D eigenvalue weighted by Gasteiger charge is -2.52. The molecule has 0 aromatic heterocycles. The molecule has 2 saturated carbocycles. The summed E-state index contributed by atoms with van der Waals surface area (Å²) in [4.78, 5) is 2.63. The highest BCUT2D eigenvalue weighted by atomic mass is 15.2. The molecule has 0 spiro atoms. The summed E-state index contributed by atoms with van der Waals surface area (Å²) < 4.78 is 0. The van der Waals surface area contributed by atoms with Crippen molar-refractivity contribution in [2.24, 2.45) is 11.7 Å². The fraction of sp³-hybridized carbons (Fsp3) is 1.00. The summed E-state index contributed by atoms with van der Waals surface area (Å²) >= 11 is 0. The largest absolute Gasteiger partial charge is 0.329 e. The van der Waals surface area contributed by atoms with Crippen molar-refractivity contribution in [1.82, 2.24) is 4.90 Å². The van der Waals surface area contributed by atoms with Gasteiger partial charge in [-0.1, -0.05) is 6.92 Å². The molecule has 2 aliphatic rings. The van der Waals surface area contributed by atoms with Gasteiger partial charge in [0, 0.05) is 18.1 Å². The molecule has 0 heterocycles. The van der Waals surface area contributed by atoms with Crippen LogP contribution in [0, 0.1) is 5.92 Å². The smallest absolute Gasteiger partial charge is 0.0331 e. The van der Waals surface area contributed by atoms with E-state index in [4.69, 9.17) is 5.73 Å². The van der Waals surface area contributed by atoms with Gasteiger partial charge >= 0.3 is 0 Å². The lowest BCUT2D eigenvalue weighted by molar-refractivity contribution is -0.00444. The number of hydrogen-bond donors (Lipinski definition) is 1. The van der Waals surface area contributed by atoms with E-state index in [1.165, 1.54) is 44.9 Å². The highest BCUT2D eigenvalue weighted by Crippen LogP contribution is 2.40. The average molecular weight is 210 g/mol. The molecule has 0 atom stereocenters. The van der Waals surface area contributed by atoms with Gasteiger partial charge in [0.05, 0.1) is 0 Å². The van der Waals surface area contributed by atoms with Crippen LogP contribution in [0.1, 0.15) is 51.9 Å². The molecule has 15 heavy (non-hydrogen) atoms. The first-order valence-electron chi connectivity index (χ1n) is 6.61. The highest BCUT2D eigenvalue weighted by molar-refractivity contribution is 5.00. The second-order valence-electron chi connectivity index (χ2n) is 5.81.